The minimum Gasteiger partial charge on any atom is -0.395 e. The Morgan fingerprint density at radius 3 is 2.00 bits per heavy atom. The number of para-hydroxylation sites is 2. The highest BCUT2D eigenvalue weighted by Crippen LogP contribution is 2.48. The Kier molecular flexibility index (Phi) is 6.09. The molecular weight excluding hydrogens is 370 g/mol. The van der Waals surface area contributed by atoms with Crippen molar-refractivity contribution in [2.75, 3.05) is 44.2 Å². The van der Waals surface area contributed by atoms with Crippen LogP contribution in [0.5, 0.6) is 0 Å². The zero-order valence-electron chi connectivity index (χ0n) is 14.4. The van der Waals surface area contributed by atoms with Gasteiger partial charge in [-0.15, -0.1) is 12.4 Å². The van der Waals surface area contributed by atoms with E-state index in [1.54, 1.807) is 11.8 Å². The molecule has 0 unspecified atom stereocenters. The van der Waals surface area contributed by atoms with Crippen LogP contribution in [0.1, 0.15) is 0 Å². The number of piperazine rings is 1. The summed E-state index contributed by atoms with van der Waals surface area (Å²) < 4.78 is 0. The van der Waals surface area contributed by atoms with Crippen molar-refractivity contribution in [2.24, 2.45) is 0 Å². The number of β-amino-alcohol motifs (C(OH)–C–C–N with tert-alkyl or cyclic N) is 1. The van der Waals surface area contributed by atoms with Gasteiger partial charge >= 0.3 is 6.03 Å². The molecule has 2 aromatic rings. The third-order valence-electron chi connectivity index (χ3n) is 4.68. The maximum atomic E-state index is 13.3. The van der Waals surface area contributed by atoms with Gasteiger partial charge < -0.3 is 10.0 Å². The Balaban J connectivity index is 0.00000196. The van der Waals surface area contributed by atoms with Gasteiger partial charge in [0.15, 0.2) is 0 Å². The van der Waals surface area contributed by atoms with Gasteiger partial charge in [0.2, 0.25) is 0 Å². The molecule has 0 aliphatic carbocycles. The number of benzene rings is 2. The van der Waals surface area contributed by atoms with Crippen LogP contribution in [0.15, 0.2) is 58.3 Å². The second-order valence-electron chi connectivity index (χ2n) is 6.21. The van der Waals surface area contributed by atoms with Crippen LogP contribution in [0.25, 0.3) is 0 Å². The molecule has 26 heavy (non-hydrogen) atoms. The molecular formula is C19H22ClN3O2S. The van der Waals surface area contributed by atoms with Crippen molar-refractivity contribution >= 4 is 41.6 Å². The summed E-state index contributed by atoms with van der Waals surface area (Å²) >= 11 is 1.71. The van der Waals surface area contributed by atoms with Crippen molar-refractivity contribution in [3.05, 3.63) is 48.5 Å². The lowest BCUT2D eigenvalue weighted by Crippen LogP contribution is -2.52. The SMILES string of the molecule is Cl.O=C(N1CCN(CCO)CC1)N1c2ccccc2Sc2ccccc21. The Bertz CT molecular complexity index is 735. The van der Waals surface area contributed by atoms with E-state index in [1.165, 1.54) is 0 Å². The first-order valence-electron chi connectivity index (χ1n) is 8.56. The van der Waals surface area contributed by atoms with Crippen LogP contribution in [0.4, 0.5) is 16.2 Å². The lowest BCUT2D eigenvalue weighted by molar-refractivity contribution is 0.126. The van der Waals surface area contributed by atoms with Crippen LogP contribution in [0, 0.1) is 0 Å². The van der Waals surface area contributed by atoms with Gasteiger partial charge in [0.05, 0.1) is 18.0 Å². The molecule has 4 rings (SSSR count). The normalized spacial score (nSPS) is 16.5. The molecule has 0 saturated carbocycles. The van der Waals surface area contributed by atoms with E-state index < -0.39 is 0 Å². The minimum absolute atomic E-state index is 0. The predicted molar refractivity (Wildman–Crippen MR) is 107 cm³/mol. The molecule has 138 valence electrons. The number of carbonyl (C=O) groups is 1. The van der Waals surface area contributed by atoms with Crippen molar-refractivity contribution in [3.63, 3.8) is 0 Å². The van der Waals surface area contributed by atoms with E-state index in [2.05, 4.69) is 17.0 Å². The second kappa shape index (κ2) is 8.31. The van der Waals surface area contributed by atoms with E-state index in [0.29, 0.717) is 19.6 Å². The van der Waals surface area contributed by atoms with Gasteiger partial charge in [-0.2, -0.15) is 0 Å². The highest BCUT2D eigenvalue weighted by molar-refractivity contribution is 7.99. The number of amides is 2. The fourth-order valence-electron chi connectivity index (χ4n) is 3.36. The molecule has 2 aliphatic heterocycles. The number of urea groups is 1. The van der Waals surface area contributed by atoms with E-state index in [4.69, 9.17) is 5.11 Å². The van der Waals surface area contributed by atoms with Gasteiger partial charge in [0, 0.05) is 42.5 Å². The molecule has 2 heterocycles. The summed E-state index contributed by atoms with van der Waals surface area (Å²) in [6, 6.07) is 16.2. The summed E-state index contributed by atoms with van der Waals surface area (Å²) in [7, 11) is 0. The molecule has 2 aliphatic rings. The summed E-state index contributed by atoms with van der Waals surface area (Å²) in [5, 5.41) is 9.08. The third kappa shape index (κ3) is 3.55. The number of anilines is 2. The molecule has 5 nitrogen and oxygen atoms in total. The van der Waals surface area contributed by atoms with Gasteiger partial charge in [-0.3, -0.25) is 9.80 Å². The van der Waals surface area contributed by atoms with E-state index >= 15 is 0 Å². The molecule has 0 aromatic heterocycles. The minimum atomic E-state index is 0. The van der Waals surface area contributed by atoms with Crippen molar-refractivity contribution in [1.29, 1.82) is 0 Å². The van der Waals surface area contributed by atoms with Gasteiger partial charge in [-0.1, -0.05) is 36.0 Å². The van der Waals surface area contributed by atoms with Gasteiger partial charge in [-0.25, -0.2) is 4.79 Å². The second-order valence-corrected chi connectivity index (χ2v) is 7.29. The first-order valence-corrected chi connectivity index (χ1v) is 9.38. The number of aliphatic hydroxyl groups is 1. The van der Waals surface area contributed by atoms with Crippen LogP contribution >= 0.6 is 24.2 Å². The fourth-order valence-corrected chi connectivity index (χ4v) is 4.41. The van der Waals surface area contributed by atoms with Crippen LogP contribution in [0.2, 0.25) is 0 Å². The molecule has 7 heteroatoms. The van der Waals surface area contributed by atoms with Gasteiger partial charge in [0.25, 0.3) is 0 Å². The molecule has 0 spiro atoms. The fraction of sp³-hybridized carbons (Fsp3) is 0.316. The highest BCUT2D eigenvalue weighted by Gasteiger charge is 2.32. The molecule has 1 saturated heterocycles. The van der Waals surface area contributed by atoms with E-state index in [1.807, 2.05) is 46.2 Å². The van der Waals surface area contributed by atoms with Crippen molar-refractivity contribution < 1.29 is 9.90 Å². The average molecular weight is 392 g/mol. The van der Waals surface area contributed by atoms with Crippen LogP contribution in [-0.2, 0) is 0 Å². The first-order chi connectivity index (χ1) is 12.3. The van der Waals surface area contributed by atoms with Crippen LogP contribution < -0.4 is 4.90 Å². The molecule has 0 bridgehead atoms. The average Bonchev–Trinajstić information content (AvgIpc) is 2.66. The summed E-state index contributed by atoms with van der Waals surface area (Å²) in [6.07, 6.45) is 0. The molecule has 2 aromatic carbocycles. The van der Waals surface area contributed by atoms with Crippen LogP contribution in [-0.4, -0.2) is 60.3 Å². The Hall–Kier alpha value is -1.73. The molecule has 0 atom stereocenters. The number of hydrogen-bond donors (Lipinski definition) is 1. The smallest absolute Gasteiger partial charge is 0.329 e. The molecule has 1 N–H and O–H groups in total. The molecule has 2 amide bonds. The highest BCUT2D eigenvalue weighted by atomic mass is 35.5. The van der Waals surface area contributed by atoms with Crippen molar-refractivity contribution in [3.8, 4) is 0 Å². The largest absolute Gasteiger partial charge is 0.395 e. The summed E-state index contributed by atoms with van der Waals surface area (Å²) in [6.45, 7) is 3.82. The summed E-state index contributed by atoms with van der Waals surface area (Å²) in [4.78, 5) is 21.5. The Morgan fingerprint density at radius 1 is 0.923 bits per heavy atom. The van der Waals surface area contributed by atoms with Gasteiger partial charge in [-0.05, 0) is 24.3 Å². The summed E-state index contributed by atoms with van der Waals surface area (Å²) in [5.74, 6) is 0. The zero-order chi connectivity index (χ0) is 17.2. The zero-order valence-corrected chi connectivity index (χ0v) is 16.0. The maximum absolute atomic E-state index is 13.3. The predicted octanol–water partition coefficient (Wildman–Crippen LogP) is 3.44. The van der Waals surface area contributed by atoms with E-state index in [9.17, 15) is 4.79 Å². The maximum Gasteiger partial charge on any atom is 0.329 e. The summed E-state index contributed by atoms with van der Waals surface area (Å²) in [5.41, 5.74) is 1.91. The van der Waals surface area contributed by atoms with Gasteiger partial charge in [0.1, 0.15) is 0 Å². The third-order valence-corrected chi connectivity index (χ3v) is 5.81. The lowest BCUT2D eigenvalue weighted by Gasteiger charge is -2.39. The van der Waals surface area contributed by atoms with E-state index in [-0.39, 0.29) is 25.0 Å². The number of carbonyl (C=O) groups excluding carboxylic acids is 1. The Morgan fingerprint density at radius 2 is 1.46 bits per heavy atom. The standard InChI is InChI=1S/C19H21N3O2S.ClH/c23-14-13-20-9-11-21(12-10-20)19(24)22-15-5-1-3-7-17(15)25-18-8-4-2-6-16(18)22;/h1-8,23H,9-14H2;1H. The van der Waals surface area contributed by atoms with Crippen LogP contribution in [0.3, 0.4) is 0 Å². The lowest BCUT2D eigenvalue weighted by atomic mass is 10.2. The number of aliphatic hydroxyl groups excluding tert-OH is 1. The number of hydrogen-bond acceptors (Lipinski definition) is 4. The first kappa shape index (κ1) is 19.0. The number of rotatable bonds is 2. The number of halogens is 1. The van der Waals surface area contributed by atoms with Crippen molar-refractivity contribution in [1.82, 2.24) is 9.80 Å². The van der Waals surface area contributed by atoms with E-state index in [0.717, 1.165) is 34.3 Å². The molecule has 1 fully saturated rings. The number of nitrogens with zero attached hydrogens (tertiary/aromatic N) is 3. The quantitative estimate of drug-likeness (QED) is 0.851. The van der Waals surface area contributed by atoms with Crippen molar-refractivity contribution in [2.45, 2.75) is 9.79 Å². The topological polar surface area (TPSA) is 47.0 Å². The Labute approximate surface area is 164 Å². The molecule has 0 radical (unpaired) electrons. The number of fused-ring (bicyclic) bond motifs is 2. The monoisotopic (exact) mass is 391 g/mol.